The summed E-state index contributed by atoms with van der Waals surface area (Å²) in [4.78, 5) is 11.9. The van der Waals surface area contributed by atoms with E-state index in [-0.39, 0.29) is 36.8 Å². The van der Waals surface area contributed by atoms with Crippen LogP contribution in [0.4, 0.5) is 0 Å². The molecule has 1 aromatic carbocycles. The van der Waals surface area contributed by atoms with Crippen LogP contribution in [0.2, 0.25) is 0 Å². The molecule has 0 bridgehead atoms. The van der Waals surface area contributed by atoms with E-state index in [4.69, 9.17) is 14.2 Å². The first-order valence-electron chi connectivity index (χ1n) is 11.6. The molecule has 6 heteroatoms. The highest BCUT2D eigenvalue weighted by Gasteiger charge is 2.43. The molecule has 0 spiro atoms. The molecule has 1 saturated carbocycles. The van der Waals surface area contributed by atoms with Crippen LogP contribution < -0.4 is 0 Å². The lowest BCUT2D eigenvalue weighted by Crippen LogP contribution is -2.32. The van der Waals surface area contributed by atoms with E-state index in [1.165, 1.54) is 0 Å². The highest BCUT2D eigenvalue weighted by atomic mass is 16.7. The van der Waals surface area contributed by atoms with Gasteiger partial charge >= 0.3 is 5.97 Å². The van der Waals surface area contributed by atoms with Crippen molar-refractivity contribution in [2.24, 2.45) is 11.8 Å². The Morgan fingerprint density at radius 2 is 2.00 bits per heavy atom. The van der Waals surface area contributed by atoms with Crippen LogP contribution in [0.3, 0.4) is 0 Å². The summed E-state index contributed by atoms with van der Waals surface area (Å²) in [6.07, 6.45) is 9.39. The molecule has 0 radical (unpaired) electrons. The minimum absolute atomic E-state index is 0.000207. The van der Waals surface area contributed by atoms with Crippen molar-refractivity contribution >= 4 is 5.97 Å². The zero-order chi connectivity index (χ0) is 21.9. The molecule has 2 N–H and O–H groups in total. The fourth-order valence-electron chi connectivity index (χ4n) is 4.45. The molecule has 5 atom stereocenters. The van der Waals surface area contributed by atoms with E-state index in [2.05, 4.69) is 0 Å². The molecule has 1 aliphatic carbocycles. The van der Waals surface area contributed by atoms with Crippen LogP contribution in [0.1, 0.15) is 56.9 Å². The molecule has 3 rings (SSSR count). The molecule has 1 aromatic rings. The summed E-state index contributed by atoms with van der Waals surface area (Å²) in [6, 6.07) is 9.66. The van der Waals surface area contributed by atoms with Gasteiger partial charge in [-0.25, -0.2) is 0 Å². The second-order valence-corrected chi connectivity index (χ2v) is 8.53. The van der Waals surface area contributed by atoms with Crippen LogP contribution in [0.15, 0.2) is 42.5 Å². The monoisotopic (exact) mass is 432 g/mol. The Bertz CT molecular complexity index is 670. The Morgan fingerprint density at radius 3 is 2.74 bits per heavy atom. The average molecular weight is 433 g/mol. The second kappa shape index (κ2) is 13.0. The Kier molecular flexibility index (Phi) is 10.0. The van der Waals surface area contributed by atoms with Crippen molar-refractivity contribution < 1.29 is 29.2 Å². The first-order valence-corrected chi connectivity index (χ1v) is 11.6. The van der Waals surface area contributed by atoms with Crippen molar-refractivity contribution in [1.29, 1.82) is 0 Å². The van der Waals surface area contributed by atoms with Crippen LogP contribution in [0.5, 0.6) is 0 Å². The minimum Gasteiger partial charge on any atom is -0.461 e. The fraction of sp³-hybridized carbons (Fsp3) is 0.640. The van der Waals surface area contributed by atoms with Gasteiger partial charge in [-0.1, -0.05) is 42.5 Å². The number of allylic oxidation sites excluding steroid dienone is 2. The van der Waals surface area contributed by atoms with Crippen LogP contribution >= 0.6 is 0 Å². The lowest BCUT2D eigenvalue weighted by Gasteiger charge is -2.29. The lowest BCUT2D eigenvalue weighted by atomic mass is 9.91. The number of aliphatic hydroxyl groups is 2. The van der Waals surface area contributed by atoms with Gasteiger partial charge in [0.05, 0.1) is 12.2 Å². The first kappa shape index (κ1) is 23.9. The quantitative estimate of drug-likeness (QED) is 0.315. The summed E-state index contributed by atoms with van der Waals surface area (Å²) < 4.78 is 17.0. The number of unbranched alkanes of at least 4 members (excludes halogenated alkanes) is 1. The summed E-state index contributed by atoms with van der Waals surface area (Å²) in [5.74, 6) is -0.294. The number of esters is 1. The average Bonchev–Trinajstić information content (AvgIpc) is 3.09. The second-order valence-electron chi connectivity index (χ2n) is 8.53. The predicted octanol–water partition coefficient (Wildman–Crippen LogP) is 3.75. The number of hydrogen-bond donors (Lipinski definition) is 2. The number of hydrogen-bond acceptors (Lipinski definition) is 6. The van der Waals surface area contributed by atoms with Crippen LogP contribution in [0, 0.1) is 11.8 Å². The maximum absolute atomic E-state index is 11.9. The van der Waals surface area contributed by atoms with Crippen molar-refractivity contribution in [3.8, 4) is 0 Å². The van der Waals surface area contributed by atoms with E-state index < -0.39 is 6.10 Å². The van der Waals surface area contributed by atoms with Crippen molar-refractivity contribution in [1.82, 2.24) is 0 Å². The largest absolute Gasteiger partial charge is 0.461 e. The Balaban J connectivity index is 1.33. The smallest absolute Gasteiger partial charge is 0.306 e. The molecule has 1 heterocycles. The summed E-state index contributed by atoms with van der Waals surface area (Å²) in [5, 5.41) is 20.4. The topological polar surface area (TPSA) is 85.2 Å². The molecule has 2 aliphatic rings. The van der Waals surface area contributed by atoms with Gasteiger partial charge in [-0.05, 0) is 50.0 Å². The Labute approximate surface area is 185 Å². The maximum atomic E-state index is 11.9. The van der Waals surface area contributed by atoms with Gasteiger partial charge in [-0.15, -0.1) is 0 Å². The van der Waals surface area contributed by atoms with E-state index in [9.17, 15) is 15.0 Å². The normalized spacial score (nSPS) is 28.8. The zero-order valence-corrected chi connectivity index (χ0v) is 18.2. The van der Waals surface area contributed by atoms with E-state index in [0.29, 0.717) is 25.9 Å². The molecule has 0 aromatic heterocycles. The standard InChI is InChI=1S/C25H36O6/c26-17-21-20(22(27)16-23(21)31-25-14-8-9-15-29-25)12-6-1-2-7-13-24(28)30-18-19-10-4-3-5-11-19/h1,3-6,10-11,20-23,25-27H,2,7-9,12-18H2/b6-1-/t20-,21-,22+,23-,25?/m1/s1. The van der Waals surface area contributed by atoms with Crippen molar-refractivity contribution in [2.75, 3.05) is 13.2 Å². The van der Waals surface area contributed by atoms with Crippen LogP contribution in [-0.2, 0) is 25.6 Å². The van der Waals surface area contributed by atoms with Gasteiger partial charge in [0.25, 0.3) is 0 Å². The summed E-state index contributed by atoms with van der Waals surface area (Å²) in [6.45, 7) is 1.03. The Hall–Kier alpha value is -1.73. The number of rotatable bonds is 11. The van der Waals surface area contributed by atoms with Gasteiger partial charge in [-0.2, -0.15) is 0 Å². The van der Waals surface area contributed by atoms with E-state index in [1.54, 1.807) is 0 Å². The molecular formula is C25H36O6. The number of carbonyl (C=O) groups excluding carboxylic acids is 1. The molecule has 2 fully saturated rings. The predicted molar refractivity (Wildman–Crippen MR) is 117 cm³/mol. The van der Waals surface area contributed by atoms with Gasteiger partial charge in [0.15, 0.2) is 6.29 Å². The number of aliphatic hydroxyl groups excluding tert-OH is 2. The molecular weight excluding hydrogens is 396 g/mol. The molecule has 1 unspecified atom stereocenters. The van der Waals surface area contributed by atoms with E-state index in [0.717, 1.165) is 44.3 Å². The van der Waals surface area contributed by atoms with Crippen molar-refractivity contribution in [2.45, 2.75) is 76.5 Å². The third kappa shape index (κ3) is 7.72. The molecule has 6 nitrogen and oxygen atoms in total. The molecule has 1 saturated heterocycles. The highest BCUT2D eigenvalue weighted by molar-refractivity contribution is 5.69. The highest BCUT2D eigenvalue weighted by Crippen LogP contribution is 2.38. The number of benzene rings is 1. The van der Waals surface area contributed by atoms with Crippen LogP contribution in [-0.4, -0.2) is 47.9 Å². The van der Waals surface area contributed by atoms with Crippen LogP contribution in [0.25, 0.3) is 0 Å². The van der Waals surface area contributed by atoms with Crippen molar-refractivity contribution in [3.05, 3.63) is 48.0 Å². The molecule has 31 heavy (non-hydrogen) atoms. The fourth-order valence-corrected chi connectivity index (χ4v) is 4.45. The molecule has 0 amide bonds. The maximum Gasteiger partial charge on any atom is 0.306 e. The Morgan fingerprint density at radius 1 is 1.16 bits per heavy atom. The lowest BCUT2D eigenvalue weighted by molar-refractivity contribution is -0.198. The van der Waals surface area contributed by atoms with Gasteiger partial charge in [0.2, 0.25) is 0 Å². The van der Waals surface area contributed by atoms with Gasteiger partial charge in [-0.3, -0.25) is 4.79 Å². The molecule has 1 aliphatic heterocycles. The summed E-state index contributed by atoms with van der Waals surface area (Å²) >= 11 is 0. The summed E-state index contributed by atoms with van der Waals surface area (Å²) in [5.41, 5.74) is 0.988. The van der Waals surface area contributed by atoms with Gasteiger partial charge in [0.1, 0.15) is 6.61 Å². The van der Waals surface area contributed by atoms with Gasteiger partial charge in [0, 0.05) is 32.0 Å². The minimum atomic E-state index is -0.483. The van der Waals surface area contributed by atoms with Gasteiger partial charge < -0.3 is 24.4 Å². The number of ether oxygens (including phenoxy) is 3. The SMILES string of the molecule is O=C(CCC/C=C\C[C@@H]1[C@@H](CO)[C@H](OC2CCCCO2)C[C@@H]1O)OCc1ccccc1. The van der Waals surface area contributed by atoms with Crippen molar-refractivity contribution in [3.63, 3.8) is 0 Å². The third-order valence-electron chi connectivity index (χ3n) is 6.24. The molecule has 172 valence electrons. The first-order chi connectivity index (χ1) is 15.2. The van der Waals surface area contributed by atoms with E-state index >= 15 is 0 Å². The summed E-state index contributed by atoms with van der Waals surface area (Å²) in [7, 11) is 0. The zero-order valence-electron chi connectivity index (χ0n) is 18.2. The van der Waals surface area contributed by atoms with E-state index in [1.807, 2.05) is 42.5 Å². The third-order valence-corrected chi connectivity index (χ3v) is 6.24. The number of carbonyl (C=O) groups is 1.